The van der Waals surface area contributed by atoms with Gasteiger partial charge in [-0.1, -0.05) is 24.3 Å². The van der Waals surface area contributed by atoms with Crippen molar-refractivity contribution in [1.29, 1.82) is 0 Å². The molecule has 0 radical (unpaired) electrons. The van der Waals surface area contributed by atoms with E-state index in [1.54, 1.807) is 18.2 Å². The number of aromatic hydroxyl groups is 1. The summed E-state index contributed by atoms with van der Waals surface area (Å²) in [7, 11) is 0. The number of rotatable bonds is 3. The highest BCUT2D eigenvalue weighted by Gasteiger charge is 2.19. The fourth-order valence-corrected chi connectivity index (χ4v) is 1.94. The van der Waals surface area contributed by atoms with E-state index in [1.165, 1.54) is 24.3 Å². The average molecular weight is 256 g/mol. The van der Waals surface area contributed by atoms with Crippen molar-refractivity contribution in [3.63, 3.8) is 0 Å². The minimum absolute atomic E-state index is 0.0568. The molecule has 0 spiro atoms. The molecule has 5 heteroatoms. The molecule has 5 N–H and O–H groups in total. The van der Waals surface area contributed by atoms with Crippen molar-refractivity contribution in [1.82, 2.24) is 0 Å². The van der Waals surface area contributed by atoms with Gasteiger partial charge in [-0.05, 0) is 18.2 Å². The number of hydrogen-bond donors (Lipinski definition) is 3. The summed E-state index contributed by atoms with van der Waals surface area (Å²) in [6, 6.07) is 10.8. The standard InChI is InChI=1S/C14H12N2O3/c15-13(18)9-5-3-6-10(14(16)19)12(9)8-4-1-2-7-11(8)17/h1-7,17H,(H2,15,18)(H2,16,19). The fraction of sp³-hybridized carbons (Fsp3) is 0. The number of carbonyl (C=O) groups is 2. The molecule has 0 atom stereocenters. The number of phenolic OH excluding ortho intramolecular Hbond substituents is 1. The van der Waals surface area contributed by atoms with Gasteiger partial charge in [0, 0.05) is 22.3 Å². The first-order valence-corrected chi connectivity index (χ1v) is 5.53. The second-order valence-electron chi connectivity index (χ2n) is 3.97. The molecule has 0 bridgehead atoms. The molecular formula is C14H12N2O3. The minimum atomic E-state index is -0.693. The van der Waals surface area contributed by atoms with Crippen LogP contribution in [0.25, 0.3) is 11.1 Å². The molecule has 2 amide bonds. The summed E-state index contributed by atoms with van der Waals surface area (Å²) < 4.78 is 0. The third kappa shape index (κ3) is 2.26. The van der Waals surface area contributed by atoms with E-state index < -0.39 is 11.8 Å². The van der Waals surface area contributed by atoms with Gasteiger partial charge in [0.15, 0.2) is 0 Å². The van der Waals surface area contributed by atoms with E-state index in [-0.39, 0.29) is 22.4 Å². The number of carbonyl (C=O) groups excluding carboxylic acids is 2. The highest BCUT2D eigenvalue weighted by Crippen LogP contribution is 2.33. The van der Waals surface area contributed by atoms with Crippen LogP contribution < -0.4 is 11.5 Å². The van der Waals surface area contributed by atoms with Crippen LogP contribution in [0.5, 0.6) is 5.75 Å². The van der Waals surface area contributed by atoms with Crippen molar-refractivity contribution in [3.8, 4) is 16.9 Å². The van der Waals surface area contributed by atoms with Gasteiger partial charge >= 0.3 is 0 Å². The quantitative estimate of drug-likeness (QED) is 0.769. The van der Waals surface area contributed by atoms with E-state index in [1.807, 2.05) is 0 Å². The van der Waals surface area contributed by atoms with E-state index in [0.29, 0.717) is 5.56 Å². The lowest BCUT2D eigenvalue weighted by Gasteiger charge is -2.12. The van der Waals surface area contributed by atoms with Crippen LogP contribution in [-0.2, 0) is 0 Å². The Kier molecular flexibility index (Phi) is 3.20. The summed E-state index contributed by atoms with van der Waals surface area (Å²) in [5, 5.41) is 9.87. The zero-order valence-corrected chi connectivity index (χ0v) is 9.96. The lowest BCUT2D eigenvalue weighted by Crippen LogP contribution is -2.18. The molecule has 2 aromatic rings. The lowest BCUT2D eigenvalue weighted by molar-refractivity contribution is 0.0999. The Hall–Kier alpha value is -2.82. The number of para-hydroxylation sites is 1. The van der Waals surface area contributed by atoms with Gasteiger partial charge in [0.1, 0.15) is 5.75 Å². The normalized spacial score (nSPS) is 10.1. The predicted octanol–water partition coefficient (Wildman–Crippen LogP) is 1.26. The van der Waals surface area contributed by atoms with Crippen LogP contribution in [0.4, 0.5) is 0 Å². The molecule has 2 aromatic carbocycles. The van der Waals surface area contributed by atoms with Crippen LogP contribution in [0, 0.1) is 0 Å². The molecule has 19 heavy (non-hydrogen) atoms. The van der Waals surface area contributed by atoms with Gasteiger partial charge in [0.25, 0.3) is 0 Å². The van der Waals surface area contributed by atoms with Gasteiger partial charge < -0.3 is 16.6 Å². The van der Waals surface area contributed by atoms with Crippen molar-refractivity contribution in [3.05, 3.63) is 53.6 Å². The molecule has 5 nitrogen and oxygen atoms in total. The van der Waals surface area contributed by atoms with E-state index in [2.05, 4.69) is 0 Å². The number of hydrogen-bond acceptors (Lipinski definition) is 3. The molecule has 0 saturated carbocycles. The number of amides is 2. The molecular weight excluding hydrogens is 244 g/mol. The van der Waals surface area contributed by atoms with E-state index in [0.717, 1.165) is 0 Å². The molecule has 96 valence electrons. The van der Waals surface area contributed by atoms with Gasteiger partial charge in [0.05, 0.1) is 0 Å². The summed E-state index contributed by atoms with van der Waals surface area (Å²) >= 11 is 0. The van der Waals surface area contributed by atoms with Gasteiger partial charge in [0.2, 0.25) is 11.8 Å². The van der Waals surface area contributed by atoms with Crippen LogP contribution in [0.3, 0.4) is 0 Å². The fourth-order valence-electron chi connectivity index (χ4n) is 1.94. The maximum atomic E-state index is 11.5. The third-order valence-corrected chi connectivity index (χ3v) is 2.77. The van der Waals surface area contributed by atoms with Crippen LogP contribution in [0.2, 0.25) is 0 Å². The van der Waals surface area contributed by atoms with Gasteiger partial charge in [-0.2, -0.15) is 0 Å². The second-order valence-corrected chi connectivity index (χ2v) is 3.97. The number of phenols is 1. The molecule has 0 aliphatic heterocycles. The highest BCUT2D eigenvalue weighted by atomic mass is 16.3. The topological polar surface area (TPSA) is 106 Å². The number of primary amides is 2. The maximum absolute atomic E-state index is 11.5. The summed E-state index contributed by atoms with van der Waals surface area (Å²) in [5.74, 6) is -1.44. The second kappa shape index (κ2) is 4.81. The largest absolute Gasteiger partial charge is 0.507 e. The maximum Gasteiger partial charge on any atom is 0.249 e. The van der Waals surface area contributed by atoms with Crippen molar-refractivity contribution in [2.24, 2.45) is 11.5 Å². The molecule has 2 rings (SSSR count). The summed E-state index contributed by atoms with van der Waals surface area (Å²) in [6.45, 7) is 0. The summed E-state index contributed by atoms with van der Waals surface area (Å²) in [4.78, 5) is 22.9. The first kappa shape index (κ1) is 12.6. The Morgan fingerprint density at radius 1 is 0.842 bits per heavy atom. The smallest absolute Gasteiger partial charge is 0.249 e. The van der Waals surface area contributed by atoms with Crippen LogP contribution in [0.1, 0.15) is 20.7 Å². The summed E-state index contributed by atoms with van der Waals surface area (Å²) in [6.07, 6.45) is 0. The van der Waals surface area contributed by atoms with E-state index in [9.17, 15) is 14.7 Å². The molecule has 0 aromatic heterocycles. The minimum Gasteiger partial charge on any atom is -0.507 e. The van der Waals surface area contributed by atoms with Gasteiger partial charge in [-0.3, -0.25) is 9.59 Å². The molecule has 0 fully saturated rings. The zero-order chi connectivity index (χ0) is 14.0. The average Bonchev–Trinajstić information content (AvgIpc) is 2.38. The molecule has 0 heterocycles. The molecule has 0 aliphatic carbocycles. The van der Waals surface area contributed by atoms with Crippen molar-refractivity contribution in [2.45, 2.75) is 0 Å². The zero-order valence-electron chi connectivity index (χ0n) is 9.96. The Morgan fingerprint density at radius 3 is 1.84 bits per heavy atom. The number of nitrogens with two attached hydrogens (primary N) is 2. The highest BCUT2D eigenvalue weighted by molar-refractivity contribution is 6.08. The Bertz CT molecular complexity index is 633. The monoisotopic (exact) mass is 256 g/mol. The number of benzene rings is 2. The first-order valence-electron chi connectivity index (χ1n) is 5.53. The third-order valence-electron chi connectivity index (χ3n) is 2.77. The van der Waals surface area contributed by atoms with Gasteiger partial charge in [-0.15, -0.1) is 0 Å². The van der Waals surface area contributed by atoms with Crippen LogP contribution in [0.15, 0.2) is 42.5 Å². The molecule has 0 unspecified atom stereocenters. The Labute approximate surface area is 109 Å². The first-order chi connectivity index (χ1) is 9.02. The Morgan fingerprint density at radius 2 is 1.37 bits per heavy atom. The van der Waals surface area contributed by atoms with E-state index in [4.69, 9.17) is 11.5 Å². The van der Waals surface area contributed by atoms with E-state index >= 15 is 0 Å². The van der Waals surface area contributed by atoms with Crippen molar-refractivity contribution >= 4 is 11.8 Å². The van der Waals surface area contributed by atoms with Gasteiger partial charge in [-0.25, -0.2) is 0 Å². The summed E-state index contributed by atoms with van der Waals surface area (Å²) in [5.41, 5.74) is 11.5. The van der Waals surface area contributed by atoms with Crippen molar-refractivity contribution in [2.75, 3.05) is 0 Å². The molecule has 0 saturated heterocycles. The van der Waals surface area contributed by atoms with Crippen LogP contribution in [-0.4, -0.2) is 16.9 Å². The SMILES string of the molecule is NC(=O)c1cccc(C(N)=O)c1-c1ccccc1O. The van der Waals surface area contributed by atoms with Crippen LogP contribution >= 0.6 is 0 Å². The predicted molar refractivity (Wildman–Crippen MR) is 70.6 cm³/mol. The Balaban J connectivity index is 2.83. The van der Waals surface area contributed by atoms with Crippen molar-refractivity contribution < 1.29 is 14.7 Å². The molecule has 0 aliphatic rings. The lowest BCUT2D eigenvalue weighted by atomic mass is 9.93.